The maximum atomic E-state index is 11.2. The van der Waals surface area contributed by atoms with Crippen molar-refractivity contribution in [2.45, 2.75) is 26.8 Å². The van der Waals surface area contributed by atoms with Gasteiger partial charge in [-0.15, -0.1) is 0 Å². The molecule has 0 amide bonds. The molecular weight excluding hydrogens is 268 g/mol. The lowest BCUT2D eigenvalue weighted by Gasteiger charge is -2.02. The fourth-order valence-corrected chi connectivity index (χ4v) is 1.89. The summed E-state index contributed by atoms with van der Waals surface area (Å²) in [5.41, 5.74) is 3.06. The summed E-state index contributed by atoms with van der Waals surface area (Å²) in [6.07, 6.45) is 0.354. The molecular formula is C16H20N2O3. The van der Waals surface area contributed by atoms with Gasteiger partial charge in [-0.25, -0.2) is 0 Å². The number of aromatic nitrogens is 1. The Morgan fingerprint density at radius 3 is 2.81 bits per heavy atom. The topological polar surface area (TPSA) is 64.4 Å². The number of nitrogens with one attached hydrogen (secondary N) is 1. The van der Waals surface area contributed by atoms with Crippen molar-refractivity contribution in [2.75, 3.05) is 13.2 Å². The largest absolute Gasteiger partial charge is 0.466 e. The van der Waals surface area contributed by atoms with Crippen LogP contribution in [0.25, 0.3) is 11.3 Å². The number of aryl methyl sites for hydroxylation is 1. The molecule has 0 saturated heterocycles. The second-order valence-electron chi connectivity index (χ2n) is 4.78. The normalized spacial score (nSPS) is 10.6. The molecule has 0 saturated carbocycles. The SMILES string of the molecule is CCOC(=O)CCNCc1cc(-c2ccc(C)cc2)no1. The number of carbonyl (C=O) groups is 1. The summed E-state index contributed by atoms with van der Waals surface area (Å²) in [6.45, 7) is 5.36. The molecule has 21 heavy (non-hydrogen) atoms. The molecule has 5 nitrogen and oxygen atoms in total. The molecule has 0 bridgehead atoms. The zero-order valence-electron chi connectivity index (χ0n) is 12.4. The van der Waals surface area contributed by atoms with Gasteiger partial charge >= 0.3 is 5.97 Å². The molecule has 0 aliphatic rings. The Morgan fingerprint density at radius 2 is 2.10 bits per heavy atom. The van der Waals surface area contributed by atoms with Crippen LogP contribution in [0.4, 0.5) is 0 Å². The molecule has 0 aliphatic carbocycles. The highest BCUT2D eigenvalue weighted by Gasteiger charge is 2.07. The van der Waals surface area contributed by atoms with E-state index in [2.05, 4.69) is 10.5 Å². The molecule has 5 heteroatoms. The van der Waals surface area contributed by atoms with Crippen LogP contribution in [0, 0.1) is 6.92 Å². The molecule has 2 aromatic rings. The van der Waals surface area contributed by atoms with Gasteiger partial charge in [-0.05, 0) is 13.8 Å². The lowest BCUT2D eigenvalue weighted by atomic mass is 10.1. The number of ether oxygens (including phenoxy) is 1. The molecule has 1 aromatic heterocycles. The highest BCUT2D eigenvalue weighted by Crippen LogP contribution is 2.19. The standard InChI is InChI=1S/C16H20N2O3/c1-3-20-16(19)8-9-17-11-14-10-15(18-21-14)13-6-4-12(2)5-7-13/h4-7,10,17H,3,8-9,11H2,1-2H3. The van der Waals surface area contributed by atoms with E-state index in [-0.39, 0.29) is 5.97 Å². The first-order chi connectivity index (χ1) is 10.2. The summed E-state index contributed by atoms with van der Waals surface area (Å²) in [7, 11) is 0. The van der Waals surface area contributed by atoms with Crippen LogP contribution in [0.5, 0.6) is 0 Å². The summed E-state index contributed by atoms with van der Waals surface area (Å²) in [4.78, 5) is 11.2. The maximum Gasteiger partial charge on any atom is 0.307 e. The summed E-state index contributed by atoms with van der Waals surface area (Å²) >= 11 is 0. The fourth-order valence-electron chi connectivity index (χ4n) is 1.89. The van der Waals surface area contributed by atoms with Gasteiger partial charge in [0.15, 0.2) is 5.76 Å². The van der Waals surface area contributed by atoms with Crippen LogP contribution < -0.4 is 5.32 Å². The molecule has 1 aromatic carbocycles. The predicted octanol–water partition coefficient (Wildman–Crippen LogP) is 2.69. The van der Waals surface area contributed by atoms with Gasteiger partial charge in [-0.1, -0.05) is 35.0 Å². The molecule has 0 spiro atoms. The third kappa shape index (κ3) is 4.72. The second-order valence-corrected chi connectivity index (χ2v) is 4.78. The van der Waals surface area contributed by atoms with Crippen molar-refractivity contribution in [3.63, 3.8) is 0 Å². The van der Waals surface area contributed by atoms with E-state index in [1.165, 1.54) is 5.56 Å². The number of hydrogen-bond acceptors (Lipinski definition) is 5. The first kappa shape index (κ1) is 15.3. The Balaban J connectivity index is 1.81. The number of nitrogens with zero attached hydrogens (tertiary/aromatic N) is 1. The minimum absolute atomic E-state index is 0.192. The molecule has 112 valence electrons. The quantitative estimate of drug-likeness (QED) is 0.627. The second kappa shape index (κ2) is 7.59. The van der Waals surface area contributed by atoms with Crippen molar-refractivity contribution >= 4 is 5.97 Å². The molecule has 2 rings (SSSR count). The van der Waals surface area contributed by atoms with E-state index in [0.717, 1.165) is 17.0 Å². The van der Waals surface area contributed by atoms with E-state index in [1.54, 1.807) is 6.92 Å². The molecule has 0 aliphatic heterocycles. The van der Waals surface area contributed by atoms with Gasteiger partial charge in [0.1, 0.15) is 5.69 Å². The van der Waals surface area contributed by atoms with Gasteiger partial charge in [0, 0.05) is 18.2 Å². The average molecular weight is 288 g/mol. The highest BCUT2D eigenvalue weighted by atomic mass is 16.5. The highest BCUT2D eigenvalue weighted by molar-refractivity contribution is 5.69. The molecule has 1 heterocycles. The summed E-state index contributed by atoms with van der Waals surface area (Å²) in [5.74, 6) is 0.553. The number of esters is 1. The molecule has 0 atom stereocenters. The Kier molecular flexibility index (Phi) is 5.51. The number of benzene rings is 1. The van der Waals surface area contributed by atoms with Crippen LogP contribution in [0.2, 0.25) is 0 Å². The third-order valence-electron chi connectivity index (χ3n) is 3.02. The van der Waals surface area contributed by atoms with E-state index in [9.17, 15) is 4.79 Å². The Bertz CT molecular complexity index is 575. The van der Waals surface area contributed by atoms with Crippen LogP contribution in [0.1, 0.15) is 24.7 Å². The number of rotatable bonds is 7. The summed E-state index contributed by atoms with van der Waals surface area (Å²) in [5, 5.41) is 7.18. The predicted molar refractivity (Wildman–Crippen MR) is 79.6 cm³/mol. The maximum absolute atomic E-state index is 11.2. The summed E-state index contributed by atoms with van der Waals surface area (Å²) in [6, 6.07) is 10.0. The Labute approximate surface area is 124 Å². The first-order valence-electron chi connectivity index (χ1n) is 7.08. The van der Waals surface area contributed by atoms with Crippen molar-refractivity contribution in [3.05, 3.63) is 41.7 Å². The van der Waals surface area contributed by atoms with E-state index in [0.29, 0.717) is 26.1 Å². The summed E-state index contributed by atoms with van der Waals surface area (Å²) < 4.78 is 10.1. The van der Waals surface area contributed by atoms with Crippen molar-refractivity contribution in [1.82, 2.24) is 10.5 Å². The molecule has 0 radical (unpaired) electrons. The third-order valence-corrected chi connectivity index (χ3v) is 3.02. The van der Waals surface area contributed by atoms with E-state index < -0.39 is 0 Å². The zero-order valence-corrected chi connectivity index (χ0v) is 12.4. The van der Waals surface area contributed by atoms with Crippen LogP contribution in [0.3, 0.4) is 0 Å². The van der Waals surface area contributed by atoms with Gasteiger partial charge in [-0.2, -0.15) is 0 Å². The van der Waals surface area contributed by atoms with Crippen LogP contribution in [-0.4, -0.2) is 24.3 Å². The van der Waals surface area contributed by atoms with Crippen LogP contribution in [0.15, 0.2) is 34.9 Å². The average Bonchev–Trinajstić information content (AvgIpc) is 2.93. The van der Waals surface area contributed by atoms with Crippen LogP contribution in [-0.2, 0) is 16.1 Å². The number of hydrogen-bond donors (Lipinski definition) is 1. The molecule has 0 fully saturated rings. The van der Waals surface area contributed by atoms with Crippen molar-refractivity contribution in [1.29, 1.82) is 0 Å². The Morgan fingerprint density at radius 1 is 1.33 bits per heavy atom. The van der Waals surface area contributed by atoms with Crippen molar-refractivity contribution in [2.24, 2.45) is 0 Å². The monoisotopic (exact) mass is 288 g/mol. The van der Waals surface area contributed by atoms with Crippen molar-refractivity contribution in [3.8, 4) is 11.3 Å². The van der Waals surface area contributed by atoms with E-state index in [1.807, 2.05) is 37.3 Å². The van der Waals surface area contributed by atoms with Gasteiger partial charge in [0.2, 0.25) is 0 Å². The minimum atomic E-state index is -0.192. The van der Waals surface area contributed by atoms with Gasteiger partial charge in [0.05, 0.1) is 19.6 Å². The zero-order chi connectivity index (χ0) is 15.1. The van der Waals surface area contributed by atoms with Crippen LogP contribution >= 0.6 is 0 Å². The van der Waals surface area contributed by atoms with E-state index >= 15 is 0 Å². The van der Waals surface area contributed by atoms with Gasteiger partial charge in [-0.3, -0.25) is 4.79 Å². The smallest absolute Gasteiger partial charge is 0.307 e. The van der Waals surface area contributed by atoms with Crippen molar-refractivity contribution < 1.29 is 14.1 Å². The molecule has 1 N–H and O–H groups in total. The molecule has 0 unspecified atom stereocenters. The van der Waals surface area contributed by atoms with E-state index in [4.69, 9.17) is 9.26 Å². The lowest BCUT2D eigenvalue weighted by molar-refractivity contribution is -0.142. The van der Waals surface area contributed by atoms with Gasteiger partial charge < -0.3 is 14.6 Å². The minimum Gasteiger partial charge on any atom is -0.466 e. The lowest BCUT2D eigenvalue weighted by Crippen LogP contribution is -2.18. The number of carbonyl (C=O) groups excluding carboxylic acids is 1. The Hall–Kier alpha value is -2.14. The van der Waals surface area contributed by atoms with Gasteiger partial charge in [0.25, 0.3) is 0 Å². The fraction of sp³-hybridized carbons (Fsp3) is 0.375. The first-order valence-corrected chi connectivity index (χ1v) is 7.08.